The third-order valence-corrected chi connectivity index (χ3v) is 2.60. The fourth-order valence-electron chi connectivity index (χ4n) is 1.16. The second-order valence-corrected chi connectivity index (χ2v) is 4.08. The second-order valence-electron chi connectivity index (χ2n) is 2.89. The van der Waals surface area contributed by atoms with Crippen LogP contribution < -0.4 is 5.73 Å². The van der Waals surface area contributed by atoms with E-state index in [0.717, 1.165) is 0 Å². The lowest BCUT2D eigenvalue weighted by Gasteiger charge is -2.03. The molecule has 0 bridgehead atoms. The summed E-state index contributed by atoms with van der Waals surface area (Å²) in [5, 5.41) is -0.0677. The van der Waals surface area contributed by atoms with Crippen LogP contribution in [0.5, 0.6) is 0 Å². The van der Waals surface area contributed by atoms with Crippen LogP contribution in [0, 0.1) is 5.82 Å². The predicted octanol–water partition coefficient (Wildman–Crippen LogP) is 2.68. The smallest absolute Gasteiger partial charge is 0.227 e. The fourth-order valence-corrected chi connectivity index (χ4v) is 1.70. The molecule has 0 aliphatic rings. The highest BCUT2D eigenvalue weighted by molar-refractivity contribution is 9.10. The lowest BCUT2D eigenvalue weighted by atomic mass is 10.2. The summed E-state index contributed by atoms with van der Waals surface area (Å²) < 4.78 is 14.0. The van der Waals surface area contributed by atoms with E-state index in [0.29, 0.717) is 4.47 Å². The number of nitrogen functional groups attached to an aromatic ring is 1. The highest BCUT2D eigenvalue weighted by Gasteiger charge is 2.12. The number of nitrogens with two attached hydrogens (primary N) is 1. The van der Waals surface area contributed by atoms with Crippen molar-refractivity contribution in [3.63, 3.8) is 0 Å². The Kier molecular flexibility index (Phi) is 3.02. The molecule has 0 saturated heterocycles. The molecule has 7 heteroatoms. The lowest BCUT2D eigenvalue weighted by Crippen LogP contribution is -2.01. The zero-order valence-electron chi connectivity index (χ0n) is 7.78. The second kappa shape index (κ2) is 4.31. The Morgan fingerprint density at radius 1 is 1.25 bits per heavy atom. The van der Waals surface area contributed by atoms with E-state index in [1.54, 1.807) is 12.1 Å². The van der Waals surface area contributed by atoms with Crippen molar-refractivity contribution in [2.75, 3.05) is 5.73 Å². The fraction of sp³-hybridized carbons (Fsp3) is 0. The van der Waals surface area contributed by atoms with Crippen LogP contribution in [0.25, 0.3) is 11.4 Å². The molecule has 1 aromatic heterocycles. The molecule has 0 aliphatic carbocycles. The number of benzene rings is 1. The molecule has 1 heterocycles. The zero-order chi connectivity index (χ0) is 11.7. The molecule has 0 unspecified atom stereocenters. The Bertz CT molecular complexity index is 529. The van der Waals surface area contributed by atoms with Gasteiger partial charge in [-0.1, -0.05) is 6.07 Å². The number of anilines is 1. The summed E-state index contributed by atoms with van der Waals surface area (Å²) in [5.74, 6) is -0.408. The maximum absolute atomic E-state index is 13.7. The number of nitrogens with zero attached hydrogens (tertiary/aromatic N) is 3. The van der Waals surface area contributed by atoms with Crippen molar-refractivity contribution in [3.8, 4) is 11.4 Å². The van der Waals surface area contributed by atoms with E-state index in [-0.39, 0.29) is 22.6 Å². The summed E-state index contributed by atoms with van der Waals surface area (Å²) >= 11 is 8.69. The molecule has 0 amide bonds. The SMILES string of the molecule is Nc1nc(Cl)nc(-c2cccc(Br)c2F)n1. The van der Waals surface area contributed by atoms with E-state index in [1.807, 2.05) is 0 Å². The average Bonchev–Trinajstić information content (AvgIpc) is 2.20. The normalized spacial score (nSPS) is 10.4. The molecule has 0 atom stereocenters. The Hall–Kier alpha value is -1.27. The minimum Gasteiger partial charge on any atom is -0.368 e. The molecule has 0 saturated carbocycles. The highest BCUT2D eigenvalue weighted by atomic mass is 79.9. The lowest BCUT2D eigenvalue weighted by molar-refractivity contribution is 0.623. The number of halogens is 3. The van der Waals surface area contributed by atoms with E-state index >= 15 is 0 Å². The van der Waals surface area contributed by atoms with E-state index in [4.69, 9.17) is 17.3 Å². The molecular weight excluding hydrogens is 298 g/mol. The van der Waals surface area contributed by atoms with Gasteiger partial charge in [-0.25, -0.2) is 4.39 Å². The summed E-state index contributed by atoms with van der Waals surface area (Å²) in [7, 11) is 0. The van der Waals surface area contributed by atoms with Gasteiger partial charge in [0.25, 0.3) is 0 Å². The van der Waals surface area contributed by atoms with Crippen molar-refractivity contribution in [2.24, 2.45) is 0 Å². The minimum absolute atomic E-state index is 0.0469. The molecule has 1 aromatic carbocycles. The molecule has 16 heavy (non-hydrogen) atoms. The molecule has 82 valence electrons. The quantitative estimate of drug-likeness (QED) is 0.879. The first-order chi connectivity index (χ1) is 7.58. The number of rotatable bonds is 1. The van der Waals surface area contributed by atoms with E-state index in [1.165, 1.54) is 6.07 Å². The Morgan fingerprint density at radius 3 is 2.69 bits per heavy atom. The van der Waals surface area contributed by atoms with Gasteiger partial charge in [-0.15, -0.1) is 0 Å². The summed E-state index contributed by atoms with van der Waals surface area (Å²) in [4.78, 5) is 11.2. The van der Waals surface area contributed by atoms with Gasteiger partial charge in [0.1, 0.15) is 5.82 Å². The summed E-state index contributed by atoms with van der Waals surface area (Å²) in [6, 6.07) is 4.77. The van der Waals surface area contributed by atoms with Crippen molar-refractivity contribution >= 4 is 33.5 Å². The van der Waals surface area contributed by atoms with Crippen LogP contribution in [-0.4, -0.2) is 15.0 Å². The van der Waals surface area contributed by atoms with Crippen molar-refractivity contribution < 1.29 is 4.39 Å². The molecule has 2 N–H and O–H groups in total. The molecule has 2 aromatic rings. The Balaban J connectivity index is 2.63. The first-order valence-electron chi connectivity index (χ1n) is 4.19. The molecule has 0 radical (unpaired) electrons. The summed E-state index contributed by atoms with van der Waals surface area (Å²) in [6.07, 6.45) is 0. The Labute approximate surface area is 104 Å². The molecule has 0 fully saturated rings. The van der Waals surface area contributed by atoms with Gasteiger partial charge < -0.3 is 5.73 Å². The van der Waals surface area contributed by atoms with Gasteiger partial charge in [0.2, 0.25) is 11.2 Å². The minimum atomic E-state index is -0.468. The first kappa shape index (κ1) is 11.2. The van der Waals surface area contributed by atoms with Crippen molar-refractivity contribution in [1.82, 2.24) is 15.0 Å². The molecule has 0 aliphatic heterocycles. The van der Waals surface area contributed by atoms with Crippen molar-refractivity contribution in [3.05, 3.63) is 33.8 Å². The summed E-state index contributed by atoms with van der Waals surface area (Å²) in [6.45, 7) is 0. The standard InChI is InChI=1S/C9H5BrClFN4/c10-5-3-1-2-4(6(5)12)7-14-8(11)16-9(13)15-7/h1-3H,(H2,13,14,15,16). The van der Waals surface area contributed by atoms with Gasteiger partial charge in [0.05, 0.1) is 10.0 Å². The Morgan fingerprint density at radius 2 is 2.00 bits per heavy atom. The van der Waals surface area contributed by atoms with Gasteiger partial charge >= 0.3 is 0 Å². The number of hydrogen-bond acceptors (Lipinski definition) is 4. The van der Waals surface area contributed by atoms with Gasteiger partial charge in [-0.3, -0.25) is 0 Å². The summed E-state index contributed by atoms with van der Waals surface area (Å²) in [5.41, 5.74) is 5.62. The van der Waals surface area contributed by atoms with Crippen LogP contribution in [0.4, 0.5) is 10.3 Å². The van der Waals surface area contributed by atoms with Crippen LogP contribution in [-0.2, 0) is 0 Å². The largest absolute Gasteiger partial charge is 0.368 e. The van der Waals surface area contributed by atoms with Gasteiger partial charge in [0, 0.05) is 0 Å². The third-order valence-electron chi connectivity index (χ3n) is 1.82. The van der Waals surface area contributed by atoms with Crippen molar-refractivity contribution in [1.29, 1.82) is 0 Å². The van der Waals surface area contributed by atoms with Gasteiger partial charge in [-0.05, 0) is 39.7 Å². The maximum Gasteiger partial charge on any atom is 0.227 e. The predicted molar refractivity (Wildman–Crippen MR) is 62.3 cm³/mol. The van der Waals surface area contributed by atoms with Gasteiger partial charge in [0.15, 0.2) is 5.82 Å². The van der Waals surface area contributed by atoms with E-state index < -0.39 is 5.82 Å². The third kappa shape index (κ3) is 2.12. The van der Waals surface area contributed by atoms with Crippen LogP contribution >= 0.6 is 27.5 Å². The number of hydrogen-bond donors (Lipinski definition) is 1. The van der Waals surface area contributed by atoms with Crippen molar-refractivity contribution in [2.45, 2.75) is 0 Å². The molecular formula is C9H5BrClFN4. The van der Waals surface area contributed by atoms with Crippen LogP contribution in [0.3, 0.4) is 0 Å². The topological polar surface area (TPSA) is 64.7 Å². The van der Waals surface area contributed by atoms with E-state index in [9.17, 15) is 4.39 Å². The average molecular weight is 304 g/mol. The highest BCUT2D eigenvalue weighted by Crippen LogP contribution is 2.26. The van der Waals surface area contributed by atoms with Crippen LogP contribution in [0.15, 0.2) is 22.7 Å². The molecule has 0 spiro atoms. The molecule has 2 rings (SSSR count). The van der Waals surface area contributed by atoms with Crippen LogP contribution in [0.2, 0.25) is 5.28 Å². The zero-order valence-corrected chi connectivity index (χ0v) is 10.1. The molecule has 4 nitrogen and oxygen atoms in total. The van der Waals surface area contributed by atoms with Gasteiger partial charge in [-0.2, -0.15) is 15.0 Å². The maximum atomic E-state index is 13.7. The van der Waals surface area contributed by atoms with Crippen LogP contribution in [0.1, 0.15) is 0 Å². The first-order valence-corrected chi connectivity index (χ1v) is 5.36. The number of aromatic nitrogens is 3. The monoisotopic (exact) mass is 302 g/mol. The van der Waals surface area contributed by atoms with E-state index in [2.05, 4.69) is 30.9 Å².